The Morgan fingerprint density at radius 3 is 1.90 bits per heavy atom. The molecule has 0 aliphatic carbocycles. The monoisotopic (exact) mass is 591 g/mol. The number of halogens is 1. The van der Waals surface area contributed by atoms with E-state index in [1.807, 2.05) is 42.6 Å². The van der Waals surface area contributed by atoms with Gasteiger partial charge in [0.15, 0.2) is 0 Å². The highest BCUT2D eigenvalue weighted by molar-refractivity contribution is 6.32. The molecular weight excluding hydrogens is 554 g/mol. The standard InChI is InChI=1S/C33H38ClN3O5/c1-19-26(30(38)41-32(3,4)5)28(27(20(2)35-19)31(39)42-33(6,7)8)23-18-37(22-13-11-10-12-14-22)36-29(23)21-15-16-25(40-9)24(34)17-21/h10-18,28,35H,1-9H3. The van der Waals surface area contributed by atoms with Crippen molar-refractivity contribution in [3.05, 3.63) is 87.9 Å². The summed E-state index contributed by atoms with van der Waals surface area (Å²) in [6.07, 6.45) is 1.84. The smallest absolute Gasteiger partial charge is 0.337 e. The molecule has 8 nitrogen and oxygen atoms in total. The number of methoxy groups -OCH3 is 1. The maximum atomic E-state index is 13.9. The number of nitrogens with zero attached hydrogens (tertiary/aromatic N) is 2. The highest BCUT2D eigenvalue weighted by atomic mass is 35.5. The summed E-state index contributed by atoms with van der Waals surface area (Å²) in [4.78, 5) is 27.7. The summed E-state index contributed by atoms with van der Waals surface area (Å²) < 4.78 is 18.9. The van der Waals surface area contributed by atoms with Crippen LogP contribution in [0.4, 0.5) is 0 Å². The van der Waals surface area contributed by atoms with Gasteiger partial charge in [0.1, 0.15) is 17.0 Å². The van der Waals surface area contributed by atoms with Crippen molar-refractivity contribution in [3.8, 4) is 22.7 Å². The molecule has 1 aromatic heterocycles. The lowest BCUT2D eigenvalue weighted by atomic mass is 9.79. The lowest BCUT2D eigenvalue weighted by molar-refractivity contribution is -0.150. The van der Waals surface area contributed by atoms with E-state index in [2.05, 4.69) is 5.32 Å². The average Bonchev–Trinajstić information content (AvgIpc) is 3.31. The third kappa shape index (κ3) is 6.71. The van der Waals surface area contributed by atoms with Crippen LogP contribution in [0.2, 0.25) is 5.02 Å². The molecule has 0 fully saturated rings. The lowest BCUT2D eigenvalue weighted by Gasteiger charge is -2.33. The topological polar surface area (TPSA) is 91.7 Å². The minimum atomic E-state index is -0.857. The van der Waals surface area contributed by atoms with Gasteiger partial charge in [-0.1, -0.05) is 29.8 Å². The third-order valence-electron chi connectivity index (χ3n) is 6.50. The first-order chi connectivity index (χ1) is 19.6. The molecule has 0 saturated heterocycles. The molecular formula is C33H38ClN3O5. The van der Waals surface area contributed by atoms with Gasteiger partial charge in [-0.2, -0.15) is 5.10 Å². The van der Waals surface area contributed by atoms with Crippen LogP contribution in [-0.2, 0) is 19.1 Å². The number of dihydropyridines is 1. The van der Waals surface area contributed by atoms with Crippen molar-refractivity contribution in [1.29, 1.82) is 0 Å². The number of carbonyl (C=O) groups is 2. The molecule has 1 N–H and O–H groups in total. The van der Waals surface area contributed by atoms with Gasteiger partial charge in [0, 0.05) is 28.7 Å². The quantitative estimate of drug-likeness (QED) is 0.305. The van der Waals surface area contributed by atoms with Crippen LogP contribution in [0, 0.1) is 0 Å². The largest absolute Gasteiger partial charge is 0.495 e. The van der Waals surface area contributed by atoms with Crippen LogP contribution in [0.25, 0.3) is 16.9 Å². The van der Waals surface area contributed by atoms with Crippen molar-refractivity contribution in [2.24, 2.45) is 0 Å². The summed E-state index contributed by atoms with van der Waals surface area (Å²) in [6.45, 7) is 14.4. The number of benzene rings is 2. The molecule has 0 saturated carbocycles. The number of rotatable bonds is 6. The van der Waals surface area contributed by atoms with E-state index in [0.717, 1.165) is 5.69 Å². The van der Waals surface area contributed by atoms with Crippen LogP contribution >= 0.6 is 11.6 Å². The number of nitrogens with one attached hydrogen (secondary N) is 1. The number of carbonyl (C=O) groups excluding carboxylic acids is 2. The van der Waals surface area contributed by atoms with Gasteiger partial charge in [-0.05, 0) is 85.7 Å². The highest BCUT2D eigenvalue weighted by Gasteiger charge is 2.42. The molecule has 3 aromatic rings. The molecule has 0 spiro atoms. The Hall–Kier alpha value is -4.04. The Bertz CT molecular complexity index is 1520. The Morgan fingerprint density at radius 1 is 0.881 bits per heavy atom. The number of allylic oxidation sites excluding steroid dienone is 2. The van der Waals surface area contributed by atoms with Gasteiger partial charge in [-0.25, -0.2) is 14.3 Å². The van der Waals surface area contributed by atoms with Crippen LogP contribution < -0.4 is 10.1 Å². The predicted molar refractivity (Wildman–Crippen MR) is 164 cm³/mol. The number of ether oxygens (including phenoxy) is 3. The number of hydrogen-bond donors (Lipinski definition) is 1. The van der Waals surface area contributed by atoms with E-state index < -0.39 is 29.1 Å². The van der Waals surface area contributed by atoms with E-state index in [9.17, 15) is 9.59 Å². The van der Waals surface area contributed by atoms with Crippen LogP contribution in [-0.4, -0.2) is 40.0 Å². The van der Waals surface area contributed by atoms with Gasteiger partial charge in [-0.3, -0.25) is 0 Å². The fourth-order valence-corrected chi connectivity index (χ4v) is 5.12. The maximum absolute atomic E-state index is 13.9. The van der Waals surface area contributed by atoms with Crippen molar-refractivity contribution in [1.82, 2.24) is 15.1 Å². The third-order valence-corrected chi connectivity index (χ3v) is 6.79. The number of esters is 2. The van der Waals surface area contributed by atoms with Crippen LogP contribution in [0.1, 0.15) is 66.9 Å². The lowest BCUT2D eigenvalue weighted by Crippen LogP contribution is -2.36. The fraction of sp³-hybridized carbons (Fsp3) is 0.364. The minimum absolute atomic E-state index is 0.296. The van der Waals surface area contributed by atoms with Crippen LogP contribution in [0.5, 0.6) is 5.75 Å². The van der Waals surface area contributed by atoms with Gasteiger partial charge in [0.2, 0.25) is 0 Å². The van der Waals surface area contributed by atoms with Crippen molar-refractivity contribution >= 4 is 23.5 Å². The Labute approximate surface area is 252 Å². The fourth-order valence-electron chi connectivity index (χ4n) is 4.86. The molecule has 9 heteroatoms. The molecule has 0 bridgehead atoms. The maximum Gasteiger partial charge on any atom is 0.337 e. The zero-order chi connectivity index (χ0) is 31.0. The summed E-state index contributed by atoms with van der Waals surface area (Å²) in [5.74, 6) is -1.43. The van der Waals surface area contributed by atoms with Gasteiger partial charge < -0.3 is 19.5 Å². The van der Waals surface area contributed by atoms with Gasteiger partial charge in [0.05, 0.1) is 40.6 Å². The Kier molecular flexibility index (Phi) is 8.60. The summed E-state index contributed by atoms with van der Waals surface area (Å²) in [5.41, 5.74) is 2.85. The molecule has 0 radical (unpaired) electrons. The van der Waals surface area contributed by atoms with Gasteiger partial charge >= 0.3 is 11.9 Å². The second-order valence-electron chi connectivity index (χ2n) is 12.2. The van der Waals surface area contributed by atoms with Gasteiger partial charge in [-0.15, -0.1) is 0 Å². The van der Waals surface area contributed by atoms with E-state index in [4.69, 9.17) is 30.9 Å². The van der Waals surface area contributed by atoms with Crippen molar-refractivity contribution in [2.75, 3.05) is 7.11 Å². The highest BCUT2D eigenvalue weighted by Crippen LogP contribution is 2.44. The molecule has 2 heterocycles. The predicted octanol–water partition coefficient (Wildman–Crippen LogP) is 7.12. The van der Waals surface area contributed by atoms with E-state index in [1.54, 1.807) is 79.3 Å². The number of hydrogen-bond acceptors (Lipinski definition) is 7. The molecule has 1 aliphatic heterocycles. The van der Waals surface area contributed by atoms with E-state index >= 15 is 0 Å². The SMILES string of the molecule is COc1ccc(-c2nn(-c3ccccc3)cc2C2C(C(=O)OC(C)(C)C)=C(C)NC(C)=C2C(=O)OC(C)(C)C)cc1Cl. The Morgan fingerprint density at radius 2 is 1.43 bits per heavy atom. The molecule has 42 heavy (non-hydrogen) atoms. The molecule has 0 atom stereocenters. The second-order valence-corrected chi connectivity index (χ2v) is 12.6. The number of aromatic nitrogens is 2. The Balaban J connectivity index is 2.03. The summed E-state index contributed by atoms with van der Waals surface area (Å²) >= 11 is 6.55. The first-order valence-electron chi connectivity index (χ1n) is 13.7. The molecule has 4 rings (SSSR count). The summed E-state index contributed by atoms with van der Waals surface area (Å²) in [7, 11) is 1.55. The van der Waals surface area contributed by atoms with Crippen LogP contribution in [0.3, 0.4) is 0 Å². The average molecular weight is 592 g/mol. The summed E-state index contributed by atoms with van der Waals surface area (Å²) in [6, 6.07) is 15.0. The van der Waals surface area contributed by atoms with E-state index in [-0.39, 0.29) is 0 Å². The van der Waals surface area contributed by atoms with Crippen molar-refractivity contribution in [2.45, 2.75) is 72.5 Å². The first kappa shape index (κ1) is 30.9. The van der Waals surface area contributed by atoms with E-state index in [1.165, 1.54) is 0 Å². The van der Waals surface area contributed by atoms with Gasteiger partial charge in [0.25, 0.3) is 0 Å². The molecule has 0 unspecified atom stereocenters. The molecule has 222 valence electrons. The zero-order valence-electron chi connectivity index (χ0n) is 25.6. The normalized spacial score (nSPS) is 14.5. The minimum Gasteiger partial charge on any atom is -0.495 e. The van der Waals surface area contributed by atoms with Crippen molar-refractivity contribution in [3.63, 3.8) is 0 Å². The van der Waals surface area contributed by atoms with E-state index in [0.29, 0.717) is 50.1 Å². The van der Waals surface area contributed by atoms with Crippen molar-refractivity contribution < 1.29 is 23.8 Å². The summed E-state index contributed by atoms with van der Waals surface area (Å²) in [5, 5.41) is 8.59. The van der Waals surface area contributed by atoms with Crippen LogP contribution in [0.15, 0.2) is 77.3 Å². The zero-order valence-corrected chi connectivity index (χ0v) is 26.3. The second kappa shape index (κ2) is 11.7. The molecule has 0 amide bonds. The first-order valence-corrected chi connectivity index (χ1v) is 14.1. The molecule has 1 aliphatic rings. The molecule has 2 aromatic carbocycles. The number of para-hydroxylation sites is 1.